The zero-order chi connectivity index (χ0) is 17.7. The highest BCUT2D eigenvalue weighted by Gasteiger charge is 2.23. The molecule has 7 nitrogen and oxygen atoms in total. The van der Waals surface area contributed by atoms with Gasteiger partial charge < -0.3 is 20.4 Å². The van der Waals surface area contributed by atoms with Crippen molar-refractivity contribution in [2.45, 2.75) is 6.04 Å². The van der Waals surface area contributed by atoms with E-state index < -0.39 is 23.8 Å². The molecule has 3 amide bonds. The van der Waals surface area contributed by atoms with Crippen molar-refractivity contribution in [3.05, 3.63) is 59.0 Å². The van der Waals surface area contributed by atoms with Gasteiger partial charge in [0.1, 0.15) is 6.04 Å². The van der Waals surface area contributed by atoms with Crippen LogP contribution in [0.5, 0.6) is 0 Å². The summed E-state index contributed by atoms with van der Waals surface area (Å²) in [5.74, 6) is -1.58. The molecule has 2 aromatic rings. The lowest BCUT2D eigenvalue weighted by molar-refractivity contribution is -0.127. The predicted octanol–water partition coefficient (Wildman–Crippen LogP) is 1.35. The van der Waals surface area contributed by atoms with E-state index in [2.05, 4.69) is 5.32 Å². The van der Waals surface area contributed by atoms with Gasteiger partial charge in [-0.25, -0.2) is 0 Å². The van der Waals surface area contributed by atoms with E-state index >= 15 is 0 Å². The number of carbonyl (C=O) groups excluding carboxylic acids is 3. The lowest BCUT2D eigenvalue weighted by Gasteiger charge is -2.19. The molecule has 0 saturated heterocycles. The molecule has 1 aromatic carbocycles. The number of benzene rings is 1. The standard InChI is InChI=1S/C16H16ClN3O4/c1-20(16(23)12-3-2-8-24-12)9-13(21)19-14(15(18)22)10-4-6-11(17)7-5-10/h2-8,14H,9H2,1H3,(H2,18,22)(H,19,21)/t14-/m0/s1. The van der Waals surface area contributed by atoms with Crippen LogP contribution in [0.3, 0.4) is 0 Å². The third-order valence-corrected chi connectivity index (χ3v) is 3.50. The molecule has 0 radical (unpaired) electrons. The second-order valence-corrected chi connectivity index (χ2v) is 5.53. The fourth-order valence-corrected chi connectivity index (χ4v) is 2.18. The molecule has 0 saturated carbocycles. The minimum atomic E-state index is -1.01. The van der Waals surface area contributed by atoms with Crippen molar-refractivity contribution >= 4 is 29.3 Å². The highest BCUT2D eigenvalue weighted by Crippen LogP contribution is 2.16. The number of halogens is 1. The summed E-state index contributed by atoms with van der Waals surface area (Å²) in [6.45, 7) is -0.253. The Bertz CT molecular complexity index is 728. The summed E-state index contributed by atoms with van der Waals surface area (Å²) in [4.78, 5) is 36.9. The summed E-state index contributed by atoms with van der Waals surface area (Å²) >= 11 is 5.80. The van der Waals surface area contributed by atoms with Crippen LogP contribution in [-0.4, -0.2) is 36.2 Å². The van der Waals surface area contributed by atoms with Crippen LogP contribution in [0.1, 0.15) is 22.2 Å². The lowest BCUT2D eigenvalue weighted by atomic mass is 10.1. The van der Waals surface area contributed by atoms with Crippen molar-refractivity contribution in [1.82, 2.24) is 10.2 Å². The van der Waals surface area contributed by atoms with Crippen molar-refractivity contribution in [3.63, 3.8) is 0 Å². The lowest BCUT2D eigenvalue weighted by Crippen LogP contribution is -2.43. The normalized spacial score (nSPS) is 11.6. The van der Waals surface area contributed by atoms with Crippen molar-refractivity contribution in [3.8, 4) is 0 Å². The number of nitrogens with two attached hydrogens (primary N) is 1. The van der Waals surface area contributed by atoms with Gasteiger partial charge in [-0.1, -0.05) is 23.7 Å². The molecule has 3 N–H and O–H groups in total. The topological polar surface area (TPSA) is 106 Å². The second-order valence-electron chi connectivity index (χ2n) is 5.09. The summed E-state index contributed by atoms with van der Waals surface area (Å²) < 4.78 is 4.99. The number of carbonyl (C=O) groups is 3. The minimum Gasteiger partial charge on any atom is -0.459 e. The Morgan fingerprint density at radius 3 is 2.46 bits per heavy atom. The molecule has 24 heavy (non-hydrogen) atoms. The molecule has 0 unspecified atom stereocenters. The number of likely N-dealkylation sites (N-methyl/N-ethyl adjacent to an activating group) is 1. The molecule has 0 spiro atoms. The van der Waals surface area contributed by atoms with Crippen LogP contribution in [0.4, 0.5) is 0 Å². The third-order valence-electron chi connectivity index (χ3n) is 3.25. The van der Waals surface area contributed by atoms with Crippen LogP contribution < -0.4 is 11.1 Å². The van der Waals surface area contributed by atoms with Gasteiger partial charge in [0.15, 0.2) is 5.76 Å². The molecule has 126 valence electrons. The first kappa shape index (κ1) is 17.6. The van der Waals surface area contributed by atoms with Crippen LogP contribution in [-0.2, 0) is 9.59 Å². The molecule has 1 atom stereocenters. The van der Waals surface area contributed by atoms with E-state index in [9.17, 15) is 14.4 Å². The number of furan rings is 1. The fraction of sp³-hybridized carbons (Fsp3) is 0.188. The number of primary amides is 1. The maximum atomic E-state index is 12.1. The Morgan fingerprint density at radius 1 is 1.25 bits per heavy atom. The number of hydrogen-bond donors (Lipinski definition) is 2. The molecule has 1 aromatic heterocycles. The zero-order valence-corrected chi connectivity index (χ0v) is 13.6. The largest absolute Gasteiger partial charge is 0.459 e. The second kappa shape index (κ2) is 7.65. The summed E-state index contributed by atoms with van der Waals surface area (Å²) in [5.41, 5.74) is 5.84. The molecule has 0 bridgehead atoms. The van der Waals surface area contributed by atoms with E-state index in [4.69, 9.17) is 21.8 Å². The maximum Gasteiger partial charge on any atom is 0.289 e. The Hall–Kier alpha value is -2.80. The summed E-state index contributed by atoms with van der Waals surface area (Å²) in [5, 5.41) is 3.00. The Morgan fingerprint density at radius 2 is 1.92 bits per heavy atom. The summed E-state index contributed by atoms with van der Waals surface area (Å²) in [6.07, 6.45) is 1.37. The van der Waals surface area contributed by atoms with E-state index in [-0.39, 0.29) is 12.3 Å². The summed E-state index contributed by atoms with van der Waals surface area (Å²) in [6, 6.07) is 8.42. The van der Waals surface area contributed by atoms with Crippen LogP contribution in [0.2, 0.25) is 5.02 Å². The fourth-order valence-electron chi connectivity index (χ4n) is 2.06. The Balaban J connectivity index is 2.02. The van der Waals surface area contributed by atoms with Crippen LogP contribution in [0.25, 0.3) is 0 Å². The molecule has 0 aliphatic heterocycles. The first-order chi connectivity index (χ1) is 11.4. The molecular weight excluding hydrogens is 334 g/mol. The molecule has 2 rings (SSSR count). The average Bonchev–Trinajstić information content (AvgIpc) is 3.07. The molecule has 0 aliphatic carbocycles. The van der Waals surface area contributed by atoms with Crippen molar-refractivity contribution in [1.29, 1.82) is 0 Å². The molecule has 8 heteroatoms. The van der Waals surface area contributed by atoms with Gasteiger partial charge in [-0.05, 0) is 29.8 Å². The highest BCUT2D eigenvalue weighted by molar-refractivity contribution is 6.30. The Kier molecular flexibility index (Phi) is 5.59. The Labute approximate surface area is 143 Å². The van der Waals surface area contributed by atoms with Crippen molar-refractivity contribution < 1.29 is 18.8 Å². The van der Waals surface area contributed by atoms with E-state index in [0.717, 1.165) is 0 Å². The predicted molar refractivity (Wildman–Crippen MR) is 87.2 cm³/mol. The third kappa shape index (κ3) is 4.36. The summed E-state index contributed by atoms with van der Waals surface area (Å²) in [7, 11) is 1.45. The van der Waals surface area contributed by atoms with Crippen LogP contribution >= 0.6 is 11.6 Å². The van der Waals surface area contributed by atoms with Gasteiger partial charge in [-0.3, -0.25) is 14.4 Å². The smallest absolute Gasteiger partial charge is 0.289 e. The number of nitrogens with one attached hydrogen (secondary N) is 1. The number of nitrogens with zero attached hydrogens (tertiary/aromatic N) is 1. The maximum absolute atomic E-state index is 12.1. The van der Waals surface area contributed by atoms with Gasteiger partial charge in [0.05, 0.1) is 12.8 Å². The monoisotopic (exact) mass is 349 g/mol. The zero-order valence-electron chi connectivity index (χ0n) is 12.9. The number of hydrogen-bond acceptors (Lipinski definition) is 4. The highest BCUT2D eigenvalue weighted by atomic mass is 35.5. The van der Waals surface area contributed by atoms with Crippen molar-refractivity contribution in [2.75, 3.05) is 13.6 Å². The number of amides is 3. The van der Waals surface area contributed by atoms with Gasteiger partial charge in [0, 0.05) is 12.1 Å². The van der Waals surface area contributed by atoms with E-state index in [1.807, 2.05) is 0 Å². The van der Waals surface area contributed by atoms with Gasteiger partial charge in [0.2, 0.25) is 11.8 Å². The first-order valence-corrected chi connectivity index (χ1v) is 7.39. The van der Waals surface area contributed by atoms with Crippen LogP contribution in [0, 0.1) is 0 Å². The average molecular weight is 350 g/mol. The van der Waals surface area contributed by atoms with Gasteiger partial charge in [-0.15, -0.1) is 0 Å². The molecule has 0 fully saturated rings. The molecular formula is C16H16ClN3O4. The van der Waals surface area contributed by atoms with Crippen LogP contribution in [0.15, 0.2) is 47.1 Å². The van der Waals surface area contributed by atoms with Gasteiger partial charge in [0.25, 0.3) is 5.91 Å². The number of rotatable bonds is 6. The van der Waals surface area contributed by atoms with E-state index in [1.165, 1.54) is 24.3 Å². The SMILES string of the molecule is CN(CC(=O)N[C@H](C(N)=O)c1ccc(Cl)cc1)C(=O)c1ccco1. The van der Waals surface area contributed by atoms with Gasteiger partial charge >= 0.3 is 0 Å². The van der Waals surface area contributed by atoms with Crippen molar-refractivity contribution in [2.24, 2.45) is 5.73 Å². The molecule has 0 aliphatic rings. The first-order valence-electron chi connectivity index (χ1n) is 7.01. The van der Waals surface area contributed by atoms with E-state index in [0.29, 0.717) is 10.6 Å². The van der Waals surface area contributed by atoms with Gasteiger partial charge in [-0.2, -0.15) is 0 Å². The molecule has 1 heterocycles. The van der Waals surface area contributed by atoms with E-state index in [1.54, 1.807) is 30.3 Å². The minimum absolute atomic E-state index is 0.120. The quantitative estimate of drug-likeness (QED) is 0.821.